The number of hydrogen-bond donors (Lipinski definition) is 2. The first-order valence-electron chi connectivity index (χ1n) is 9.31. The maximum Gasteiger partial charge on any atom is 0.257 e. The van der Waals surface area contributed by atoms with Crippen molar-refractivity contribution in [2.75, 3.05) is 5.32 Å². The van der Waals surface area contributed by atoms with Crippen LogP contribution >= 0.6 is 23.6 Å². The monoisotopic (exact) mass is 413 g/mol. The van der Waals surface area contributed by atoms with Crippen LogP contribution in [-0.2, 0) is 12.8 Å². The average molecular weight is 414 g/mol. The molecule has 1 aliphatic rings. The smallest absolute Gasteiger partial charge is 0.257 e. The van der Waals surface area contributed by atoms with Crippen LogP contribution in [0.5, 0.6) is 5.75 Å². The third-order valence-electron chi connectivity index (χ3n) is 4.55. The van der Waals surface area contributed by atoms with E-state index >= 15 is 0 Å². The van der Waals surface area contributed by atoms with Crippen LogP contribution < -0.4 is 15.4 Å². The van der Waals surface area contributed by atoms with Gasteiger partial charge in [0.25, 0.3) is 5.91 Å². The molecule has 1 amide bonds. The van der Waals surface area contributed by atoms with Crippen molar-refractivity contribution in [1.29, 1.82) is 5.26 Å². The Bertz CT molecular complexity index is 944. The molecule has 146 valence electrons. The van der Waals surface area contributed by atoms with Gasteiger partial charge in [-0.1, -0.05) is 13.0 Å². The van der Waals surface area contributed by atoms with Crippen LogP contribution in [-0.4, -0.2) is 17.1 Å². The molecule has 0 aliphatic heterocycles. The Morgan fingerprint density at radius 1 is 1.43 bits per heavy atom. The fourth-order valence-corrected chi connectivity index (χ4v) is 4.87. The Hall–Kier alpha value is -2.43. The second-order valence-corrected chi connectivity index (χ2v) is 8.78. The molecule has 1 aromatic carbocycles. The number of nitrogens with zero attached hydrogens (tertiary/aromatic N) is 1. The van der Waals surface area contributed by atoms with Gasteiger partial charge in [0, 0.05) is 10.4 Å². The average Bonchev–Trinajstić information content (AvgIpc) is 2.96. The number of nitriles is 1. The van der Waals surface area contributed by atoms with Crippen molar-refractivity contribution in [1.82, 2.24) is 5.32 Å². The van der Waals surface area contributed by atoms with E-state index < -0.39 is 0 Å². The molecule has 0 saturated heterocycles. The molecule has 1 aliphatic carbocycles. The predicted octanol–water partition coefficient (Wildman–Crippen LogP) is 4.66. The van der Waals surface area contributed by atoms with Gasteiger partial charge in [-0.2, -0.15) is 5.26 Å². The van der Waals surface area contributed by atoms with E-state index in [0.717, 1.165) is 24.8 Å². The highest BCUT2D eigenvalue weighted by Crippen LogP contribution is 2.39. The summed E-state index contributed by atoms with van der Waals surface area (Å²) >= 11 is 6.87. The molecule has 3 rings (SSSR count). The van der Waals surface area contributed by atoms with Gasteiger partial charge < -0.3 is 10.1 Å². The molecule has 1 heterocycles. The van der Waals surface area contributed by atoms with Gasteiger partial charge in [-0.3, -0.25) is 10.1 Å². The summed E-state index contributed by atoms with van der Waals surface area (Å²) in [6.07, 6.45) is 3.02. The zero-order valence-corrected chi connectivity index (χ0v) is 17.8. The van der Waals surface area contributed by atoms with E-state index in [0.29, 0.717) is 27.8 Å². The van der Waals surface area contributed by atoms with Crippen molar-refractivity contribution >= 4 is 39.6 Å². The second kappa shape index (κ2) is 8.72. The summed E-state index contributed by atoms with van der Waals surface area (Å²) in [5.74, 6) is 0.936. The first-order chi connectivity index (χ1) is 13.4. The third kappa shape index (κ3) is 4.70. The van der Waals surface area contributed by atoms with Crippen molar-refractivity contribution in [3.05, 3.63) is 45.8 Å². The number of thiocarbonyl (C=S) groups is 1. The number of carbonyl (C=O) groups excluding carboxylic acids is 1. The van der Waals surface area contributed by atoms with E-state index in [-0.39, 0.29) is 17.1 Å². The molecule has 5 nitrogen and oxygen atoms in total. The van der Waals surface area contributed by atoms with Crippen LogP contribution in [0.25, 0.3) is 0 Å². The number of rotatable bonds is 4. The number of hydrogen-bond acceptors (Lipinski definition) is 5. The molecular weight excluding hydrogens is 390 g/mol. The zero-order valence-electron chi connectivity index (χ0n) is 16.2. The van der Waals surface area contributed by atoms with E-state index in [1.54, 1.807) is 29.5 Å². The molecule has 0 unspecified atom stereocenters. The Labute approximate surface area is 174 Å². The van der Waals surface area contributed by atoms with Crippen LogP contribution in [0, 0.1) is 17.2 Å². The van der Waals surface area contributed by atoms with Gasteiger partial charge in [0.15, 0.2) is 5.11 Å². The SMILES string of the molecule is CC(C)Oc1cccc(C(=O)NC(=S)Nc2sc3c(c2C#N)CC[C@@H](C)C3)c1. The molecule has 28 heavy (non-hydrogen) atoms. The summed E-state index contributed by atoms with van der Waals surface area (Å²) in [5, 5.41) is 16.2. The lowest BCUT2D eigenvalue weighted by Gasteiger charge is -2.17. The number of nitrogens with one attached hydrogen (secondary N) is 2. The Morgan fingerprint density at radius 3 is 2.93 bits per heavy atom. The fraction of sp³-hybridized carbons (Fsp3) is 0.381. The molecular formula is C21H23N3O2S2. The van der Waals surface area contributed by atoms with Gasteiger partial charge >= 0.3 is 0 Å². The van der Waals surface area contributed by atoms with Gasteiger partial charge in [-0.25, -0.2) is 0 Å². The van der Waals surface area contributed by atoms with Crippen molar-refractivity contribution in [3.8, 4) is 11.8 Å². The van der Waals surface area contributed by atoms with Crippen molar-refractivity contribution < 1.29 is 9.53 Å². The van der Waals surface area contributed by atoms with Gasteiger partial charge in [0.05, 0.1) is 11.7 Å². The van der Waals surface area contributed by atoms with E-state index in [1.165, 1.54) is 4.88 Å². The lowest BCUT2D eigenvalue weighted by molar-refractivity contribution is 0.0977. The van der Waals surface area contributed by atoms with Crippen LogP contribution in [0.4, 0.5) is 5.00 Å². The molecule has 0 radical (unpaired) electrons. The first-order valence-corrected chi connectivity index (χ1v) is 10.5. The van der Waals surface area contributed by atoms with Crippen LogP contribution in [0.15, 0.2) is 24.3 Å². The van der Waals surface area contributed by atoms with Crippen LogP contribution in [0.3, 0.4) is 0 Å². The Balaban J connectivity index is 1.69. The summed E-state index contributed by atoms with van der Waals surface area (Å²) in [5.41, 5.74) is 2.23. The fourth-order valence-electron chi connectivity index (χ4n) is 3.25. The maximum atomic E-state index is 12.5. The summed E-state index contributed by atoms with van der Waals surface area (Å²) in [4.78, 5) is 13.8. The minimum atomic E-state index is -0.319. The van der Waals surface area contributed by atoms with E-state index in [9.17, 15) is 10.1 Å². The topological polar surface area (TPSA) is 74.2 Å². The highest BCUT2D eigenvalue weighted by molar-refractivity contribution is 7.80. The van der Waals surface area contributed by atoms with E-state index in [4.69, 9.17) is 17.0 Å². The van der Waals surface area contributed by atoms with Gasteiger partial charge in [-0.15, -0.1) is 11.3 Å². The normalized spacial score (nSPS) is 15.5. The van der Waals surface area contributed by atoms with Crippen molar-refractivity contribution in [3.63, 3.8) is 0 Å². The molecule has 7 heteroatoms. The molecule has 0 saturated carbocycles. The largest absolute Gasteiger partial charge is 0.491 e. The summed E-state index contributed by atoms with van der Waals surface area (Å²) in [7, 11) is 0. The lowest BCUT2D eigenvalue weighted by Crippen LogP contribution is -2.34. The molecule has 2 N–H and O–H groups in total. The lowest BCUT2D eigenvalue weighted by atomic mass is 9.89. The number of fused-ring (bicyclic) bond motifs is 1. The number of ether oxygens (including phenoxy) is 1. The Kier molecular flexibility index (Phi) is 6.32. The molecule has 1 atom stereocenters. The number of thiophene rings is 1. The number of amides is 1. The zero-order chi connectivity index (χ0) is 20.3. The van der Waals surface area contributed by atoms with E-state index in [2.05, 4.69) is 23.6 Å². The quantitative estimate of drug-likeness (QED) is 0.713. The van der Waals surface area contributed by atoms with Crippen molar-refractivity contribution in [2.45, 2.75) is 46.1 Å². The number of carbonyl (C=O) groups is 1. The van der Waals surface area contributed by atoms with Gasteiger partial charge in [0.2, 0.25) is 0 Å². The van der Waals surface area contributed by atoms with Gasteiger partial charge in [-0.05, 0) is 75.0 Å². The molecule has 0 bridgehead atoms. The number of anilines is 1. The highest BCUT2D eigenvalue weighted by Gasteiger charge is 2.24. The maximum absolute atomic E-state index is 12.5. The predicted molar refractivity (Wildman–Crippen MR) is 116 cm³/mol. The minimum absolute atomic E-state index is 0.0260. The molecule has 2 aromatic rings. The second-order valence-electron chi connectivity index (χ2n) is 7.27. The first kappa shape index (κ1) is 20.3. The van der Waals surface area contributed by atoms with Gasteiger partial charge in [0.1, 0.15) is 16.8 Å². The summed E-state index contributed by atoms with van der Waals surface area (Å²) in [6, 6.07) is 9.26. The van der Waals surface area contributed by atoms with E-state index in [1.807, 2.05) is 19.9 Å². The third-order valence-corrected chi connectivity index (χ3v) is 5.92. The Morgan fingerprint density at radius 2 is 2.21 bits per heavy atom. The standard InChI is InChI=1S/C21H23N3O2S2/c1-12(2)26-15-6-4-5-14(10-15)19(25)23-21(27)24-20-17(11-22)16-8-7-13(3)9-18(16)28-20/h4-6,10,12-13H,7-9H2,1-3H3,(H2,23,24,25,27)/t13-/m1/s1. The van der Waals surface area contributed by atoms with Crippen molar-refractivity contribution in [2.24, 2.45) is 5.92 Å². The molecule has 1 aromatic heterocycles. The van der Waals surface area contributed by atoms with Crippen LogP contribution in [0.1, 0.15) is 53.6 Å². The minimum Gasteiger partial charge on any atom is -0.491 e. The number of benzene rings is 1. The highest BCUT2D eigenvalue weighted by atomic mass is 32.1. The van der Waals surface area contributed by atoms with Crippen LogP contribution in [0.2, 0.25) is 0 Å². The molecule has 0 spiro atoms. The summed E-state index contributed by atoms with van der Waals surface area (Å²) in [6.45, 7) is 6.09. The summed E-state index contributed by atoms with van der Waals surface area (Å²) < 4.78 is 5.63. The molecule has 0 fully saturated rings.